The average Bonchev–Trinajstić information content (AvgIpc) is 3.69. The number of aryl methyl sites for hydroxylation is 1. The Morgan fingerprint density at radius 1 is 1.08 bits per heavy atom. The monoisotopic (exact) mass is 664 g/mol. The smallest absolute Gasteiger partial charge is 0.429 e. The van der Waals surface area contributed by atoms with Crippen LogP contribution in [0.3, 0.4) is 0 Å². The van der Waals surface area contributed by atoms with E-state index in [0.717, 1.165) is 24.0 Å². The number of rotatable bonds is 9. The Balaban J connectivity index is 1.27. The minimum atomic E-state index is -4.82. The lowest BCUT2D eigenvalue weighted by atomic mass is 9.76. The normalized spacial score (nSPS) is 18.2. The van der Waals surface area contributed by atoms with E-state index >= 15 is 0 Å². The maximum absolute atomic E-state index is 14.9. The maximum Gasteiger partial charge on any atom is 0.429 e. The first kappa shape index (κ1) is 33.2. The zero-order chi connectivity index (χ0) is 34.1. The molecular formula is C34H39F3N8O3. The predicted octanol–water partition coefficient (Wildman–Crippen LogP) is 4.87. The summed E-state index contributed by atoms with van der Waals surface area (Å²) in [6, 6.07) is 15.0. The summed E-state index contributed by atoms with van der Waals surface area (Å²) in [4.78, 5) is 22.6. The lowest BCUT2D eigenvalue weighted by Gasteiger charge is -2.39. The molecule has 1 spiro atoms. The van der Waals surface area contributed by atoms with E-state index in [0.29, 0.717) is 56.3 Å². The van der Waals surface area contributed by atoms with Crippen molar-refractivity contribution in [3.05, 3.63) is 77.6 Å². The highest BCUT2D eigenvalue weighted by Gasteiger charge is 2.46. The van der Waals surface area contributed by atoms with Crippen LogP contribution in [0.25, 0.3) is 16.8 Å². The number of nitrogens with one attached hydrogen (secondary N) is 1. The fourth-order valence-electron chi connectivity index (χ4n) is 6.52. The third-order valence-corrected chi connectivity index (χ3v) is 9.13. The number of halogens is 3. The van der Waals surface area contributed by atoms with Crippen molar-refractivity contribution in [2.75, 3.05) is 36.9 Å². The Morgan fingerprint density at radius 3 is 2.46 bits per heavy atom. The molecule has 48 heavy (non-hydrogen) atoms. The van der Waals surface area contributed by atoms with Crippen molar-refractivity contribution in [1.82, 2.24) is 25.1 Å². The number of esters is 1. The largest absolute Gasteiger partial charge is 0.465 e. The fourth-order valence-corrected chi connectivity index (χ4v) is 6.52. The molecule has 4 heterocycles. The quantitative estimate of drug-likeness (QED) is 0.212. The zero-order valence-electron chi connectivity index (χ0n) is 26.8. The molecule has 2 fully saturated rings. The highest BCUT2D eigenvalue weighted by atomic mass is 19.4. The van der Waals surface area contributed by atoms with Crippen molar-refractivity contribution in [1.29, 1.82) is 0 Å². The molecule has 0 saturated carbocycles. The molecule has 2 saturated heterocycles. The van der Waals surface area contributed by atoms with Crippen molar-refractivity contribution in [3.63, 3.8) is 0 Å². The van der Waals surface area contributed by atoms with Crippen LogP contribution in [0.2, 0.25) is 0 Å². The van der Waals surface area contributed by atoms with Gasteiger partial charge in [0, 0.05) is 44.0 Å². The lowest BCUT2D eigenvalue weighted by molar-refractivity contribution is -0.198. The molecule has 11 nitrogen and oxygen atoms in total. The molecule has 0 radical (unpaired) electrons. The van der Waals surface area contributed by atoms with E-state index in [1.165, 1.54) is 16.8 Å². The summed E-state index contributed by atoms with van der Waals surface area (Å²) in [5.41, 5.74) is 14.8. The van der Waals surface area contributed by atoms with Crippen LogP contribution in [0.5, 0.6) is 5.88 Å². The Kier molecular flexibility index (Phi) is 9.30. The molecule has 254 valence electrons. The third kappa shape index (κ3) is 7.09. The molecule has 0 bridgehead atoms. The fraction of sp³-hybridized carbons (Fsp3) is 0.412. The number of hydrogen-bond donors (Lipinski definition) is 3. The number of ether oxygens (including phenoxy) is 2. The standard InChI is InChI=1S/C34H39F3N8O3/c1-3-47-31(46)26-18-33(20-40-26)11-14-44(15-12-33)28-17-29(42-32(39)41-28)48-30(34(35,36)37)25-9-8-24(23-6-4-22(19-38)5-7-23)16-27(25)45-13-10-21(2)43-45/h4-10,13,16-17,26,30,40H,3,11-12,14-15,18-20,38H2,1-2H3,(H2,39,41,42)/t26-,30+/m0/s1. The number of carbonyl (C=O) groups is 1. The topological polar surface area (TPSA) is 146 Å². The molecule has 2 aliphatic heterocycles. The average molecular weight is 665 g/mol. The van der Waals surface area contributed by atoms with Gasteiger partial charge >= 0.3 is 12.1 Å². The van der Waals surface area contributed by atoms with Crippen LogP contribution in [0.4, 0.5) is 24.9 Å². The molecule has 6 rings (SSSR count). The second-order valence-corrected chi connectivity index (χ2v) is 12.4. The summed E-state index contributed by atoms with van der Waals surface area (Å²) in [6.07, 6.45) is -3.40. The van der Waals surface area contributed by atoms with E-state index < -0.39 is 12.3 Å². The number of aromatic nitrogens is 4. The number of benzene rings is 2. The number of piperidine rings is 1. The number of carbonyl (C=O) groups excluding carboxylic acids is 1. The first-order chi connectivity index (χ1) is 23.0. The number of alkyl halides is 3. The van der Waals surface area contributed by atoms with Gasteiger partial charge in [-0.15, -0.1) is 0 Å². The maximum atomic E-state index is 14.9. The highest BCUT2D eigenvalue weighted by Crippen LogP contribution is 2.43. The molecule has 0 amide bonds. The summed E-state index contributed by atoms with van der Waals surface area (Å²) in [5, 5.41) is 7.70. The van der Waals surface area contributed by atoms with Gasteiger partial charge in [-0.2, -0.15) is 28.2 Å². The molecular weight excluding hydrogens is 625 g/mol. The van der Waals surface area contributed by atoms with Crippen LogP contribution in [-0.4, -0.2) is 64.2 Å². The summed E-state index contributed by atoms with van der Waals surface area (Å²) in [7, 11) is 0. The number of nitrogen functional groups attached to an aromatic ring is 1. The second kappa shape index (κ2) is 13.4. The first-order valence-corrected chi connectivity index (χ1v) is 16.0. The van der Waals surface area contributed by atoms with Gasteiger partial charge in [0.05, 0.1) is 18.0 Å². The molecule has 0 unspecified atom stereocenters. The van der Waals surface area contributed by atoms with Gasteiger partial charge in [-0.3, -0.25) is 4.79 Å². The summed E-state index contributed by atoms with van der Waals surface area (Å²) < 4.78 is 56.9. The third-order valence-electron chi connectivity index (χ3n) is 9.13. The van der Waals surface area contributed by atoms with E-state index in [4.69, 9.17) is 20.9 Å². The minimum Gasteiger partial charge on any atom is -0.465 e. The van der Waals surface area contributed by atoms with Crippen LogP contribution in [-0.2, 0) is 16.1 Å². The van der Waals surface area contributed by atoms with Crippen LogP contribution in [0, 0.1) is 12.3 Å². The summed E-state index contributed by atoms with van der Waals surface area (Å²) in [6.45, 7) is 6.09. The second-order valence-electron chi connectivity index (χ2n) is 12.4. The molecule has 0 aliphatic carbocycles. The van der Waals surface area contributed by atoms with Crippen molar-refractivity contribution in [3.8, 4) is 22.7 Å². The predicted molar refractivity (Wildman–Crippen MR) is 174 cm³/mol. The Bertz CT molecular complexity index is 1750. The van der Waals surface area contributed by atoms with Gasteiger partial charge in [-0.05, 0) is 67.3 Å². The Hall–Kier alpha value is -4.69. The van der Waals surface area contributed by atoms with E-state index in [1.54, 1.807) is 38.2 Å². The molecule has 14 heteroatoms. The SMILES string of the molecule is CCOC(=O)[C@@H]1CC2(CCN(c3cc(O[C@H](c4ccc(-c5ccc(CN)cc5)cc4-n4ccc(C)n4)C(F)(F)F)nc(N)n3)CC2)CN1. The minimum absolute atomic E-state index is 0.0763. The lowest BCUT2D eigenvalue weighted by Crippen LogP contribution is -2.41. The van der Waals surface area contributed by atoms with Crippen LogP contribution >= 0.6 is 0 Å². The molecule has 2 aliphatic rings. The van der Waals surface area contributed by atoms with Gasteiger partial charge < -0.3 is 31.2 Å². The molecule has 2 aromatic carbocycles. The van der Waals surface area contributed by atoms with E-state index in [1.807, 2.05) is 29.2 Å². The van der Waals surface area contributed by atoms with Gasteiger partial charge in [-0.25, -0.2) is 4.68 Å². The number of anilines is 2. The van der Waals surface area contributed by atoms with Gasteiger partial charge in [0.1, 0.15) is 11.9 Å². The number of nitrogens with zero attached hydrogens (tertiary/aromatic N) is 5. The van der Waals surface area contributed by atoms with Crippen molar-refractivity contribution in [2.24, 2.45) is 11.1 Å². The van der Waals surface area contributed by atoms with E-state index in [-0.39, 0.29) is 40.5 Å². The van der Waals surface area contributed by atoms with Crippen molar-refractivity contribution in [2.45, 2.75) is 58.0 Å². The Labute approximate surface area is 276 Å². The molecule has 5 N–H and O–H groups in total. The van der Waals surface area contributed by atoms with Crippen LogP contribution in [0.1, 0.15) is 49.1 Å². The van der Waals surface area contributed by atoms with Crippen molar-refractivity contribution < 1.29 is 27.4 Å². The van der Waals surface area contributed by atoms with Crippen LogP contribution < -0.4 is 26.4 Å². The van der Waals surface area contributed by atoms with Gasteiger partial charge in [0.25, 0.3) is 0 Å². The Morgan fingerprint density at radius 2 is 1.81 bits per heavy atom. The van der Waals surface area contributed by atoms with E-state index in [2.05, 4.69) is 20.4 Å². The molecule has 4 aromatic rings. The summed E-state index contributed by atoms with van der Waals surface area (Å²) in [5.74, 6) is -0.370. The summed E-state index contributed by atoms with van der Waals surface area (Å²) >= 11 is 0. The highest BCUT2D eigenvalue weighted by molar-refractivity contribution is 5.76. The van der Waals surface area contributed by atoms with Crippen LogP contribution in [0.15, 0.2) is 60.8 Å². The number of nitrogens with two attached hydrogens (primary N) is 2. The van der Waals surface area contributed by atoms with Gasteiger partial charge in [-0.1, -0.05) is 36.4 Å². The van der Waals surface area contributed by atoms with E-state index in [9.17, 15) is 18.0 Å². The first-order valence-electron chi connectivity index (χ1n) is 16.0. The van der Waals surface area contributed by atoms with Crippen molar-refractivity contribution >= 4 is 17.7 Å². The molecule has 2 atom stereocenters. The molecule has 2 aromatic heterocycles. The zero-order valence-corrected chi connectivity index (χ0v) is 26.8. The number of hydrogen-bond acceptors (Lipinski definition) is 10. The van der Waals surface area contributed by atoms with Gasteiger partial charge in [0.15, 0.2) is 0 Å². The van der Waals surface area contributed by atoms with Gasteiger partial charge in [0.2, 0.25) is 17.9 Å².